The molecule has 0 bridgehead atoms. The van der Waals surface area contributed by atoms with Gasteiger partial charge in [0.05, 0.1) is 13.2 Å². The van der Waals surface area contributed by atoms with E-state index >= 15 is 0 Å². The van der Waals surface area contributed by atoms with E-state index in [-0.39, 0.29) is 30.8 Å². The fourth-order valence-corrected chi connectivity index (χ4v) is 1.73. The van der Waals surface area contributed by atoms with Gasteiger partial charge < -0.3 is 20.7 Å². The van der Waals surface area contributed by atoms with Crippen molar-refractivity contribution in [1.29, 1.82) is 0 Å². The number of ether oxygens (including phenoxy) is 1. The highest BCUT2D eigenvalue weighted by atomic mass is 35.5. The van der Waals surface area contributed by atoms with Gasteiger partial charge in [-0.05, 0) is 31.5 Å². The van der Waals surface area contributed by atoms with Gasteiger partial charge in [0.2, 0.25) is 5.91 Å². The molecule has 0 aliphatic rings. The van der Waals surface area contributed by atoms with E-state index in [1.54, 1.807) is 19.2 Å². The Morgan fingerprint density at radius 3 is 2.64 bits per heavy atom. The molecule has 1 aromatic rings. The Morgan fingerprint density at radius 1 is 1.27 bits per heavy atom. The second-order valence-electron chi connectivity index (χ2n) is 4.61. The average molecular weight is 330 g/mol. The topological polar surface area (TPSA) is 79.5 Å². The Morgan fingerprint density at radius 2 is 2.00 bits per heavy atom. The van der Waals surface area contributed by atoms with Crippen molar-refractivity contribution < 1.29 is 14.3 Å². The highest BCUT2D eigenvalue weighted by Crippen LogP contribution is 2.16. The lowest BCUT2D eigenvalue weighted by Crippen LogP contribution is -2.30. The molecule has 0 atom stereocenters. The summed E-state index contributed by atoms with van der Waals surface area (Å²) in [6.45, 7) is 5.68. The molecular formula is C15H24ClN3O3. The summed E-state index contributed by atoms with van der Waals surface area (Å²) >= 11 is 0. The number of anilines is 1. The molecule has 0 aromatic heterocycles. The molecule has 0 spiro atoms. The molecule has 124 valence electrons. The summed E-state index contributed by atoms with van der Waals surface area (Å²) in [4.78, 5) is 23.6. The lowest BCUT2D eigenvalue weighted by Gasteiger charge is -2.11. The van der Waals surface area contributed by atoms with E-state index in [9.17, 15) is 9.59 Å². The number of nitrogens with one attached hydrogen (secondary N) is 3. The minimum Gasteiger partial charge on any atom is -0.383 e. The van der Waals surface area contributed by atoms with E-state index in [4.69, 9.17) is 4.74 Å². The van der Waals surface area contributed by atoms with Crippen molar-refractivity contribution in [2.75, 3.05) is 38.7 Å². The summed E-state index contributed by atoms with van der Waals surface area (Å²) in [6.07, 6.45) is 0. The van der Waals surface area contributed by atoms with E-state index in [0.29, 0.717) is 30.9 Å². The molecule has 0 unspecified atom stereocenters. The van der Waals surface area contributed by atoms with Crippen LogP contribution in [-0.4, -0.2) is 45.2 Å². The van der Waals surface area contributed by atoms with E-state index in [1.807, 2.05) is 19.9 Å². The van der Waals surface area contributed by atoms with E-state index < -0.39 is 0 Å². The van der Waals surface area contributed by atoms with Crippen molar-refractivity contribution in [3.63, 3.8) is 0 Å². The van der Waals surface area contributed by atoms with E-state index in [1.165, 1.54) is 0 Å². The van der Waals surface area contributed by atoms with Crippen molar-refractivity contribution in [2.24, 2.45) is 0 Å². The molecule has 0 aliphatic heterocycles. The standard InChI is InChI=1S/C15H23N3O3.ClH/c1-4-17-15(20)12-6-5-11(2)13(9-12)18-14(19)10-16-7-8-21-3;/h5-6,9,16H,4,7-8,10H2,1-3H3,(H,17,20)(H,18,19);1H. The highest BCUT2D eigenvalue weighted by Gasteiger charge is 2.09. The number of benzene rings is 1. The molecule has 1 aromatic carbocycles. The normalized spacial score (nSPS) is 9.77. The molecule has 0 saturated heterocycles. The molecule has 2 amide bonds. The molecule has 6 nitrogen and oxygen atoms in total. The number of methoxy groups -OCH3 is 1. The van der Waals surface area contributed by atoms with Crippen LogP contribution in [-0.2, 0) is 9.53 Å². The van der Waals surface area contributed by atoms with Crippen molar-refractivity contribution >= 4 is 29.9 Å². The largest absolute Gasteiger partial charge is 0.383 e. The molecular weight excluding hydrogens is 306 g/mol. The lowest BCUT2D eigenvalue weighted by molar-refractivity contribution is -0.115. The second-order valence-corrected chi connectivity index (χ2v) is 4.61. The van der Waals surface area contributed by atoms with Crippen LogP contribution in [0.25, 0.3) is 0 Å². The van der Waals surface area contributed by atoms with Crippen LogP contribution < -0.4 is 16.0 Å². The number of carbonyl (C=O) groups is 2. The van der Waals surface area contributed by atoms with E-state index in [0.717, 1.165) is 5.56 Å². The molecule has 3 N–H and O–H groups in total. The fraction of sp³-hybridized carbons (Fsp3) is 0.467. The van der Waals surface area contributed by atoms with Gasteiger partial charge >= 0.3 is 0 Å². The minimum atomic E-state index is -0.151. The maximum atomic E-state index is 11.8. The summed E-state index contributed by atoms with van der Waals surface area (Å²) in [7, 11) is 1.61. The average Bonchev–Trinajstić information content (AvgIpc) is 2.46. The van der Waals surface area contributed by atoms with Crippen LogP contribution in [0.1, 0.15) is 22.8 Å². The van der Waals surface area contributed by atoms with Crippen molar-refractivity contribution in [3.05, 3.63) is 29.3 Å². The third-order valence-corrected chi connectivity index (χ3v) is 2.88. The molecule has 0 fully saturated rings. The van der Waals surface area contributed by atoms with Crippen LogP contribution in [0, 0.1) is 6.92 Å². The highest BCUT2D eigenvalue weighted by molar-refractivity contribution is 5.98. The first-order chi connectivity index (χ1) is 10.1. The number of rotatable bonds is 8. The number of aryl methyl sites for hydroxylation is 1. The number of hydrogen-bond donors (Lipinski definition) is 3. The van der Waals surface area contributed by atoms with Crippen molar-refractivity contribution in [2.45, 2.75) is 13.8 Å². The fourth-order valence-electron chi connectivity index (χ4n) is 1.73. The lowest BCUT2D eigenvalue weighted by atomic mass is 10.1. The van der Waals surface area contributed by atoms with Gasteiger partial charge in [0, 0.05) is 31.5 Å². The van der Waals surface area contributed by atoms with Crippen molar-refractivity contribution in [1.82, 2.24) is 10.6 Å². The number of carbonyl (C=O) groups excluding carboxylic acids is 2. The quantitative estimate of drug-likeness (QED) is 0.629. The SMILES string of the molecule is CCNC(=O)c1ccc(C)c(NC(=O)CNCCOC)c1.Cl. The Labute approximate surface area is 137 Å². The Bertz CT molecular complexity index is 495. The van der Waals surface area contributed by atoms with Crippen LogP contribution in [0.3, 0.4) is 0 Å². The summed E-state index contributed by atoms with van der Waals surface area (Å²) < 4.78 is 4.89. The predicted octanol–water partition coefficient (Wildman–Crippen LogP) is 1.34. The van der Waals surface area contributed by atoms with Gasteiger partial charge in [0.15, 0.2) is 0 Å². The molecule has 22 heavy (non-hydrogen) atoms. The molecule has 0 heterocycles. The molecule has 0 aliphatic carbocycles. The maximum absolute atomic E-state index is 11.8. The molecule has 0 saturated carbocycles. The second kappa shape index (κ2) is 11.0. The summed E-state index contributed by atoms with van der Waals surface area (Å²) in [5.74, 6) is -0.298. The van der Waals surface area contributed by atoms with Gasteiger partial charge in [0.25, 0.3) is 5.91 Å². The van der Waals surface area contributed by atoms with E-state index in [2.05, 4.69) is 16.0 Å². The molecule has 0 radical (unpaired) electrons. The van der Waals surface area contributed by atoms with Gasteiger partial charge in [-0.1, -0.05) is 6.07 Å². The Kier molecular flexibility index (Phi) is 10.2. The van der Waals surface area contributed by atoms with Crippen molar-refractivity contribution in [3.8, 4) is 0 Å². The van der Waals surface area contributed by atoms with Gasteiger partial charge in [0.1, 0.15) is 0 Å². The Hall–Kier alpha value is -1.63. The van der Waals surface area contributed by atoms with Gasteiger partial charge in [-0.15, -0.1) is 12.4 Å². The first-order valence-corrected chi connectivity index (χ1v) is 6.96. The van der Waals surface area contributed by atoms with Crippen LogP contribution in [0.15, 0.2) is 18.2 Å². The van der Waals surface area contributed by atoms with Gasteiger partial charge in [-0.2, -0.15) is 0 Å². The third-order valence-electron chi connectivity index (χ3n) is 2.88. The summed E-state index contributed by atoms with van der Waals surface area (Å²) in [6, 6.07) is 5.25. The predicted molar refractivity (Wildman–Crippen MR) is 89.8 cm³/mol. The monoisotopic (exact) mass is 329 g/mol. The first-order valence-electron chi connectivity index (χ1n) is 6.96. The minimum absolute atomic E-state index is 0. The van der Waals surface area contributed by atoms with Crippen LogP contribution in [0.4, 0.5) is 5.69 Å². The first kappa shape index (κ1) is 20.4. The zero-order chi connectivity index (χ0) is 15.7. The van der Waals surface area contributed by atoms with Crippen LogP contribution >= 0.6 is 12.4 Å². The zero-order valence-electron chi connectivity index (χ0n) is 13.2. The smallest absolute Gasteiger partial charge is 0.251 e. The zero-order valence-corrected chi connectivity index (χ0v) is 14.0. The van der Waals surface area contributed by atoms with Gasteiger partial charge in [-0.25, -0.2) is 0 Å². The number of amides is 2. The molecule has 7 heteroatoms. The number of halogens is 1. The number of hydrogen-bond acceptors (Lipinski definition) is 4. The van der Waals surface area contributed by atoms with Gasteiger partial charge in [-0.3, -0.25) is 9.59 Å². The summed E-state index contributed by atoms with van der Waals surface area (Å²) in [5, 5.41) is 8.50. The maximum Gasteiger partial charge on any atom is 0.251 e. The molecule has 1 rings (SSSR count). The van der Waals surface area contributed by atoms with Crippen LogP contribution in [0.2, 0.25) is 0 Å². The van der Waals surface area contributed by atoms with Crippen LogP contribution in [0.5, 0.6) is 0 Å². The summed E-state index contributed by atoms with van der Waals surface area (Å²) in [5.41, 5.74) is 2.09. The third kappa shape index (κ3) is 6.89. The Balaban J connectivity index is 0.00000441.